The van der Waals surface area contributed by atoms with Gasteiger partial charge in [-0.2, -0.15) is 4.31 Å². The van der Waals surface area contributed by atoms with Crippen LogP contribution < -0.4 is 0 Å². The molecule has 0 aliphatic carbocycles. The number of piperidine rings is 1. The van der Waals surface area contributed by atoms with Gasteiger partial charge in [-0.05, 0) is 48.7 Å². The van der Waals surface area contributed by atoms with Crippen molar-refractivity contribution in [3.63, 3.8) is 0 Å². The zero-order chi connectivity index (χ0) is 21.8. The molecule has 0 amide bonds. The van der Waals surface area contributed by atoms with Gasteiger partial charge in [-0.25, -0.2) is 8.42 Å². The van der Waals surface area contributed by atoms with E-state index in [0.717, 1.165) is 24.6 Å². The van der Waals surface area contributed by atoms with E-state index in [1.54, 1.807) is 18.3 Å². The normalized spacial score (nSPS) is 15.3. The summed E-state index contributed by atoms with van der Waals surface area (Å²) in [7, 11) is -3.57. The number of Topliss-reactive ketones (excluding diaryl/α,β-unsaturated/α-hetero) is 1. The van der Waals surface area contributed by atoms with Gasteiger partial charge in [-0.3, -0.25) is 9.78 Å². The molecule has 0 spiro atoms. The second-order valence-corrected chi connectivity index (χ2v) is 9.86. The first kappa shape index (κ1) is 21.9. The van der Waals surface area contributed by atoms with E-state index >= 15 is 0 Å². The lowest BCUT2D eigenvalue weighted by Gasteiger charge is -2.26. The van der Waals surface area contributed by atoms with Gasteiger partial charge in [-0.1, -0.05) is 36.2 Å². The van der Waals surface area contributed by atoms with Crippen molar-refractivity contribution in [2.75, 3.05) is 19.7 Å². The average Bonchev–Trinajstić information content (AvgIpc) is 2.80. The van der Waals surface area contributed by atoms with Gasteiger partial charge in [0.15, 0.2) is 5.78 Å². The maximum atomic E-state index is 12.9. The number of aromatic nitrogens is 1. The lowest BCUT2D eigenvalue weighted by molar-refractivity contribution is 0.0728. The number of hydrogen-bond acceptors (Lipinski definition) is 5. The first-order chi connectivity index (χ1) is 15.0. The summed E-state index contributed by atoms with van der Waals surface area (Å²) in [5, 5.41) is 1.28. The maximum Gasteiger partial charge on any atom is 0.243 e. The Hall–Kier alpha value is -2.32. The van der Waals surface area contributed by atoms with E-state index in [4.69, 9.17) is 16.3 Å². The van der Waals surface area contributed by atoms with Crippen LogP contribution in [0.25, 0.3) is 10.9 Å². The average molecular weight is 459 g/mol. The predicted octanol–water partition coefficient (Wildman–Crippen LogP) is 4.46. The molecule has 3 aromatic rings. The van der Waals surface area contributed by atoms with E-state index in [9.17, 15) is 13.2 Å². The number of pyridine rings is 1. The molecule has 0 bridgehead atoms. The van der Waals surface area contributed by atoms with Crippen LogP contribution in [-0.2, 0) is 21.4 Å². The Kier molecular flexibility index (Phi) is 6.67. The van der Waals surface area contributed by atoms with Crippen molar-refractivity contribution in [3.8, 4) is 0 Å². The van der Waals surface area contributed by atoms with E-state index in [2.05, 4.69) is 4.98 Å². The molecule has 1 aliphatic rings. The van der Waals surface area contributed by atoms with Gasteiger partial charge < -0.3 is 4.74 Å². The van der Waals surface area contributed by atoms with E-state index in [1.807, 2.05) is 24.3 Å². The predicted molar refractivity (Wildman–Crippen MR) is 120 cm³/mol. The smallest absolute Gasteiger partial charge is 0.243 e. The SMILES string of the molecule is O=C(COCc1cc(S(=O)(=O)N2CCCCC2)ccc1Cl)c1cccc2cccnc12. The number of ketones is 1. The van der Waals surface area contributed by atoms with Crippen molar-refractivity contribution >= 4 is 38.3 Å². The largest absolute Gasteiger partial charge is 0.369 e. The summed E-state index contributed by atoms with van der Waals surface area (Å²) < 4.78 is 33.0. The Balaban J connectivity index is 1.46. The number of carbonyl (C=O) groups excluding carboxylic acids is 1. The summed E-state index contributed by atoms with van der Waals surface area (Å²) in [4.78, 5) is 17.2. The fraction of sp³-hybridized carbons (Fsp3) is 0.304. The van der Waals surface area contributed by atoms with Gasteiger partial charge >= 0.3 is 0 Å². The molecule has 162 valence electrons. The van der Waals surface area contributed by atoms with Crippen LogP contribution in [-0.4, -0.2) is 43.2 Å². The van der Waals surface area contributed by atoms with E-state index in [0.29, 0.717) is 34.8 Å². The summed E-state index contributed by atoms with van der Waals surface area (Å²) in [5.74, 6) is -0.197. The van der Waals surface area contributed by atoms with Crippen molar-refractivity contribution in [1.82, 2.24) is 9.29 Å². The molecule has 0 radical (unpaired) electrons. The highest BCUT2D eigenvalue weighted by Crippen LogP contribution is 2.26. The summed E-state index contributed by atoms with van der Waals surface area (Å²) in [6.07, 6.45) is 4.43. The van der Waals surface area contributed by atoms with Crippen LogP contribution in [0.15, 0.2) is 59.6 Å². The Morgan fingerprint density at radius 2 is 1.84 bits per heavy atom. The number of ether oxygens (including phenoxy) is 1. The minimum Gasteiger partial charge on any atom is -0.369 e. The molecule has 0 saturated carbocycles. The number of sulfonamides is 1. The van der Waals surface area contributed by atoms with Gasteiger partial charge in [-0.15, -0.1) is 0 Å². The topological polar surface area (TPSA) is 76.6 Å². The van der Waals surface area contributed by atoms with Crippen LogP contribution in [0.2, 0.25) is 5.02 Å². The summed E-state index contributed by atoms with van der Waals surface area (Å²) in [5.41, 5.74) is 1.65. The second-order valence-electron chi connectivity index (χ2n) is 7.51. The highest BCUT2D eigenvalue weighted by atomic mass is 35.5. The first-order valence-electron chi connectivity index (χ1n) is 10.2. The number of carbonyl (C=O) groups is 1. The Labute approximate surface area is 186 Å². The van der Waals surface area contributed by atoms with Gasteiger partial charge in [0.1, 0.15) is 6.61 Å². The third-order valence-corrected chi connectivity index (χ3v) is 7.66. The molecule has 0 N–H and O–H groups in total. The molecule has 31 heavy (non-hydrogen) atoms. The summed E-state index contributed by atoms with van der Waals surface area (Å²) >= 11 is 6.26. The maximum absolute atomic E-state index is 12.9. The van der Waals surface area contributed by atoms with Crippen molar-refractivity contribution in [1.29, 1.82) is 0 Å². The third-order valence-electron chi connectivity index (χ3n) is 5.39. The van der Waals surface area contributed by atoms with Gasteiger partial charge in [0.05, 0.1) is 17.0 Å². The molecular weight excluding hydrogens is 436 g/mol. The third kappa shape index (κ3) is 4.80. The van der Waals surface area contributed by atoms with Gasteiger partial charge in [0.2, 0.25) is 10.0 Å². The minimum absolute atomic E-state index is 0.0339. The summed E-state index contributed by atoms with van der Waals surface area (Å²) in [6.45, 7) is 0.940. The summed E-state index contributed by atoms with van der Waals surface area (Å²) in [6, 6.07) is 13.8. The Morgan fingerprint density at radius 1 is 1.06 bits per heavy atom. The second kappa shape index (κ2) is 9.44. The molecule has 1 aliphatic heterocycles. The molecule has 4 rings (SSSR count). The van der Waals surface area contributed by atoms with Crippen LogP contribution in [0.1, 0.15) is 35.2 Å². The molecule has 1 fully saturated rings. The van der Waals surface area contributed by atoms with E-state index in [1.165, 1.54) is 16.4 Å². The highest BCUT2D eigenvalue weighted by Gasteiger charge is 2.26. The molecule has 2 heterocycles. The van der Waals surface area contributed by atoms with E-state index in [-0.39, 0.29) is 23.9 Å². The number of benzene rings is 2. The number of rotatable bonds is 7. The lowest BCUT2D eigenvalue weighted by Crippen LogP contribution is -2.35. The molecule has 1 saturated heterocycles. The fourth-order valence-electron chi connectivity index (χ4n) is 3.74. The van der Waals surface area contributed by atoms with Crippen LogP contribution >= 0.6 is 11.6 Å². The van der Waals surface area contributed by atoms with Crippen LogP contribution in [0.3, 0.4) is 0 Å². The van der Waals surface area contributed by atoms with Gasteiger partial charge in [0.25, 0.3) is 0 Å². The molecule has 2 aromatic carbocycles. The standard InChI is InChI=1S/C23H23ClN2O4S/c24-21-10-9-19(31(28,29)26-12-2-1-3-13-26)14-18(21)15-30-16-22(27)20-8-4-6-17-7-5-11-25-23(17)20/h4-11,14H,1-3,12-13,15-16H2. The first-order valence-corrected chi connectivity index (χ1v) is 12.0. The van der Waals surface area contributed by atoms with Crippen molar-refractivity contribution in [2.45, 2.75) is 30.8 Å². The zero-order valence-corrected chi connectivity index (χ0v) is 18.5. The zero-order valence-electron chi connectivity index (χ0n) is 17.0. The molecule has 0 atom stereocenters. The number of nitrogens with zero attached hydrogens (tertiary/aromatic N) is 2. The minimum atomic E-state index is -3.57. The number of halogens is 1. The van der Waals surface area contributed by atoms with Crippen molar-refractivity contribution < 1.29 is 17.9 Å². The molecular formula is C23H23ClN2O4S. The van der Waals surface area contributed by atoms with Crippen LogP contribution in [0, 0.1) is 0 Å². The van der Waals surface area contributed by atoms with Gasteiger partial charge in [0, 0.05) is 35.3 Å². The monoisotopic (exact) mass is 458 g/mol. The van der Waals surface area contributed by atoms with Crippen molar-refractivity contribution in [3.05, 3.63) is 70.9 Å². The number of para-hydroxylation sites is 1. The van der Waals surface area contributed by atoms with Crippen molar-refractivity contribution in [2.24, 2.45) is 0 Å². The molecule has 1 aromatic heterocycles. The molecule has 8 heteroatoms. The number of hydrogen-bond donors (Lipinski definition) is 0. The molecule has 6 nitrogen and oxygen atoms in total. The fourth-order valence-corrected chi connectivity index (χ4v) is 5.48. The van der Waals surface area contributed by atoms with E-state index < -0.39 is 10.0 Å². The lowest BCUT2D eigenvalue weighted by atomic mass is 10.1. The van der Waals surface area contributed by atoms with Crippen LogP contribution in [0.5, 0.6) is 0 Å². The molecule has 0 unspecified atom stereocenters. The van der Waals surface area contributed by atoms with Crippen LogP contribution in [0.4, 0.5) is 0 Å². The highest BCUT2D eigenvalue weighted by molar-refractivity contribution is 7.89. The quantitative estimate of drug-likeness (QED) is 0.488. The number of fused-ring (bicyclic) bond motifs is 1. The Morgan fingerprint density at radius 3 is 2.65 bits per heavy atom. The Bertz CT molecular complexity index is 1200.